The molecule has 3 aromatic heterocycles. The van der Waals surface area contributed by atoms with Crippen molar-refractivity contribution in [2.24, 2.45) is 0 Å². The Kier molecular flexibility index (Phi) is 16.7. The van der Waals surface area contributed by atoms with Crippen molar-refractivity contribution >= 4 is 90.7 Å². The highest BCUT2D eigenvalue weighted by Crippen LogP contribution is 2.39. The van der Waals surface area contributed by atoms with Crippen molar-refractivity contribution in [2.75, 3.05) is 40.8 Å². The topological polar surface area (TPSA) is 85.2 Å². The molecule has 9 nitrogen and oxygen atoms in total. The van der Waals surface area contributed by atoms with Crippen molar-refractivity contribution in [3.8, 4) is 0 Å². The van der Waals surface area contributed by atoms with Gasteiger partial charge in [0, 0.05) is 128 Å². The Morgan fingerprint density at radius 2 is 0.725 bits per heavy atom. The van der Waals surface area contributed by atoms with Gasteiger partial charge in [0.2, 0.25) is 0 Å². The molecule has 3 atom stereocenters. The molecule has 420 valence electrons. The van der Waals surface area contributed by atoms with Gasteiger partial charge in [0.05, 0.1) is 24.7 Å². The van der Waals surface area contributed by atoms with Crippen LogP contribution in [0.3, 0.4) is 0 Å². The van der Waals surface area contributed by atoms with Gasteiger partial charge in [0.15, 0.2) is 11.6 Å². The van der Waals surface area contributed by atoms with Crippen molar-refractivity contribution < 1.29 is 28.5 Å². The number of nitrogens with zero attached hydrogens (tertiary/aromatic N) is 6. The molecule has 3 N–H and O–H groups in total. The Bertz CT molecular complexity index is 3630. The number of benzene rings is 6. The Hall–Kier alpha value is -5.06. The monoisotopic (exact) mass is 1180 g/mol. The first-order chi connectivity index (χ1) is 37.9. The van der Waals surface area contributed by atoms with Crippen LogP contribution < -0.4 is 0 Å². The molecule has 17 heteroatoms. The maximum absolute atomic E-state index is 13.9. The lowest BCUT2D eigenvalue weighted by atomic mass is 9.95. The molecule has 9 aromatic rings. The summed E-state index contributed by atoms with van der Waals surface area (Å²) < 4.78 is 47.4. The van der Waals surface area contributed by atoms with Crippen molar-refractivity contribution in [1.29, 1.82) is 0 Å². The molecule has 6 heterocycles. The van der Waals surface area contributed by atoms with Gasteiger partial charge >= 0.3 is 0 Å². The predicted octanol–water partition coefficient (Wildman–Crippen LogP) is 14.3. The number of halogens is 8. The number of hydrogen-bond acceptors (Lipinski definition) is 6. The highest BCUT2D eigenvalue weighted by molar-refractivity contribution is 6.32. The zero-order valence-corrected chi connectivity index (χ0v) is 49.3. The summed E-state index contributed by atoms with van der Waals surface area (Å²) in [6.07, 6.45) is 2.71. The largest absolute Gasteiger partial charge is 0.384 e. The van der Waals surface area contributed by atoms with Gasteiger partial charge in [-0.15, -0.1) is 0 Å². The Morgan fingerprint density at radius 1 is 0.400 bits per heavy atom. The fraction of sp³-hybridized carbons (Fsp3) is 0.333. The Morgan fingerprint density at radius 3 is 1.09 bits per heavy atom. The van der Waals surface area contributed by atoms with Gasteiger partial charge in [0.1, 0.15) is 22.6 Å². The lowest BCUT2D eigenvalue weighted by molar-refractivity contribution is 0.0377. The third-order valence-electron chi connectivity index (χ3n) is 16.2. The lowest BCUT2D eigenvalue weighted by Crippen LogP contribution is -2.31. The third kappa shape index (κ3) is 11.9. The summed E-state index contributed by atoms with van der Waals surface area (Å²) in [6, 6.07) is 33.1. The number of aliphatic hydroxyl groups is 3. The first-order valence-electron chi connectivity index (χ1n) is 26.7. The molecule has 0 amide bonds. The van der Waals surface area contributed by atoms with Crippen LogP contribution in [-0.2, 0) is 75.3 Å². The van der Waals surface area contributed by atoms with E-state index in [0.29, 0.717) is 39.3 Å². The Balaban J connectivity index is 0.000000135. The van der Waals surface area contributed by atoms with Gasteiger partial charge in [-0.3, -0.25) is 0 Å². The molecule has 80 heavy (non-hydrogen) atoms. The van der Waals surface area contributed by atoms with Crippen LogP contribution in [0.4, 0.5) is 13.2 Å². The average molecular weight is 1190 g/mol. The van der Waals surface area contributed by atoms with Crippen LogP contribution >= 0.6 is 58.0 Å². The van der Waals surface area contributed by atoms with Gasteiger partial charge < -0.3 is 43.7 Å². The minimum Gasteiger partial charge on any atom is -0.384 e. The van der Waals surface area contributed by atoms with Crippen LogP contribution in [0, 0.1) is 17.5 Å². The van der Waals surface area contributed by atoms with Crippen molar-refractivity contribution in [1.82, 2.24) is 28.4 Å². The average Bonchev–Trinajstić information content (AvgIpc) is 4.08. The van der Waals surface area contributed by atoms with E-state index >= 15 is 0 Å². The fourth-order valence-corrected chi connectivity index (χ4v) is 12.6. The minimum atomic E-state index is -1.35. The molecule has 0 bridgehead atoms. The second kappa shape index (κ2) is 22.9. The van der Waals surface area contributed by atoms with E-state index in [1.807, 2.05) is 79.7 Å². The molecule has 6 aromatic carbocycles. The quantitative estimate of drug-likeness (QED) is 0.134. The standard InChI is InChI=1S/C21H21Cl2FN2O.C21H22Cl2N2O.C21H21ClF2N2O/c1-21(27,13-3-5-17(23)18(24)9-13)12-26-19-6-4-14(22)10-15(19)16-11-25(2)8-7-20(16)26;1-21(26,14-3-5-15(22)6-4-14)13-25-19-8-7-16(23)11-17(19)18-12-24(2)10-9-20(18)25;1-21(27,13-3-5-17(23)18(24)9-13)12-26-19-6-4-14(22)10-15(19)16-11-25(2)8-7-20(16)26/h3-6,9-10,27H,7-8,11-12H2,1-2H3;3-8,11,26H,9-10,12-13H2,1-2H3;3-6,9-10,27H,7-8,11-12H2,1-2H3. The normalized spacial score (nSPS) is 17.2. The fourth-order valence-electron chi connectivity index (χ4n) is 11.9. The summed E-state index contributed by atoms with van der Waals surface area (Å²) >= 11 is 30.5. The Labute approximate surface area is 489 Å². The molecule has 3 unspecified atom stereocenters. The van der Waals surface area contributed by atoms with E-state index in [4.69, 9.17) is 58.0 Å². The van der Waals surface area contributed by atoms with Gasteiger partial charge in [-0.25, -0.2) is 13.2 Å². The third-order valence-corrected chi connectivity index (χ3v) is 17.4. The van der Waals surface area contributed by atoms with Crippen LogP contribution in [0.2, 0.25) is 25.1 Å². The molecule has 0 aliphatic carbocycles. The number of likely N-dealkylation sites (N-methyl/N-ethyl adjacent to an activating group) is 3. The van der Waals surface area contributed by atoms with Gasteiger partial charge in [-0.1, -0.05) is 82.3 Å². The number of hydrogen-bond donors (Lipinski definition) is 3. The van der Waals surface area contributed by atoms with Crippen molar-refractivity contribution in [2.45, 2.75) is 96.1 Å². The SMILES string of the molecule is CN1CCc2c(c3cc(Cl)ccc3n2CC(C)(O)c2ccc(Cl)c(F)c2)C1.CN1CCc2c(c3cc(Cl)ccc3n2CC(C)(O)c2ccc(Cl)cc2)C1.CN1CCc2c(c3cc(Cl)ccc3n2CC(C)(O)c2ccc(F)c(F)c2)C1. The first kappa shape index (κ1) is 58.1. The van der Waals surface area contributed by atoms with E-state index in [1.54, 1.807) is 19.9 Å². The molecule has 0 saturated heterocycles. The summed E-state index contributed by atoms with van der Waals surface area (Å²) in [5, 5.41) is 39.7. The van der Waals surface area contributed by atoms with Gasteiger partial charge in [-0.2, -0.15) is 0 Å². The lowest BCUT2D eigenvalue weighted by Gasteiger charge is -2.29. The van der Waals surface area contributed by atoms with Crippen molar-refractivity contribution in [3.05, 3.63) is 208 Å². The molecule has 0 radical (unpaired) electrons. The predicted molar refractivity (Wildman–Crippen MR) is 319 cm³/mol. The second-order valence-electron chi connectivity index (χ2n) is 22.6. The maximum atomic E-state index is 13.9. The second-order valence-corrected chi connectivity index (χ2v) is 24.7. The van der Waals surface area contributed by atoms with E-state index in [2.05, 4.69) is 55.6 Å². The number of fused-ring (bicyclic) bond motifs is 9. The minimum absolute atomic E-state index is 0.0519. The molecule has 0 spiro atoms. The van der Waals surface area contributed by atoms with Gasteiger partial charge in [-0.05, 0) is 166 Å². The van der Waals surface area contributed by atoms with Crippen LogP contribution in [0.1, 0.15) is 71.2 Å². The molecular weight excluding hydrogens is 1120 g/mol. The summed E-state index contributed by atoms with van der Waals surface area (Å²) in [4.78, 5) is 6.85. The van der Waals surface area contributed by atoms with E-state index in [-0.39, 0.29) is 11.6 Å². The molecule has 0 fully saturated rings. The molecule has 12 rings (SSSR count). The van der Waals surface area contributed by atoms with E-state index in [1.165, 1.54) is 51.7 Å². The van der Waals surface area contributed by atoms with Gasteiger partial charge in [0.25, 0.3) is 0 Å². The van der Waals surface area contributed by atoms with Crippen LogP contribution in [-0.4, -0.2) is 84.5 Å². The van der Waals surface area contributed by atoms with Crippen LogP contribution in [0.5, 0.6) is 0 Å². The van der Waals surface area contributed by atoms with Crippen LogP contribution in [0.25, 0.3) is 32.7 Å². The highest BCUT2D eigenvalue weighted by atomic mass is 35.5. The number of rotatable bonds is 9. The van der Waals surface area contributed by atoms with Crippen molar-refractivity contribution in [3.63, 3.8) is 0 Å². The summed E-state index contributed by atoms with van der Waals surface area (Å²) in [7, 11) is 6.32. The zero-order valence-electron chi connectivity index (χ0n) is 45.5. The summed E-state index contributed by atoms with van der Waals surface area (Å²) in [5.41, 5.74) is 8.73. The van der Waals surface area contributed by atoms with E-state index in [0.717, 1.165) is 114 Å². The zero-order chi connectivity index (χ0) is 57.2. The summed E-state index contributed by atoms with van der Waals surface area (Å²) in [5.74, 6) is -2.40. The highest BCUT2D eigenvalue weighted by Gasteiger charge is 2.33. The smallest absolute Gasteiger partial charge is 0.159 e. The molecule has 3 aliphatic rings. The molecule has 0 saturated carbocycles. The van der Waals surface area contributed by atoms with E-state index in [9.17, 15) is 28.5 Å². The molecular formula is C63H64Cl5F3N6O3. The molecule has 3 aliphatic heterocycles. The number of aromatic nitrogens is 3. The van der Waals surface area contributed by atoms with E-state index < -0.39 is 34.3 Å². The maximum Gasteiger partial charge on any atom is 0.159 e. The first-order valence-corrected chi connectivity index (χ1v) is 28.5. The summed E-state index contributed by atoms with van der Waals surface area (Å²) in [6.45, 7) is 11.7. The van der Waals surface area contributed by atoms with Crippen LogP contribution in [0.15, 0.2) is 115 Å².